The number of halogens is 1. The molecule has 2 rings (SSSR count). The van der Waals surface area contributed by atoms with Gasteiger partial charge in [0.2, 0.25) is 0 Å². The molecule has 19 heavy (non-hydrogen) atoms. The van der Waals surface area contributed by atoms with Crippen molar-refractivity contribution in [2.75, 3.05) is 19.8 Å². The summed E-state index contributed by atoms with van der Waals surface area (Å²) in [4.78, 5) is 0. The first kappa shape index (κ1) is 14.2. The molecule has 0 aromatic heterocycles. The Kier molecular flexibility index (Phi) is 5.55. The fourth-order valence-corrected chi connectivity index (χ4v) is 2.42. The van der Waals surface area contributed by atoms with E-state index >= 15 is 0 Å². The van der Waals surface area contributed by atoms with E-state index in [2.05, 4.69) is 11.9 Å². The molecule has 0 aliphatic heterocycles. The molecule has 104 valence electrons. The van der Waals surface area contributed by atoms with Crippen LogP contribution in [0.25, 0.3) is 0 Å². The normalized spacial score (nSPS) is 21.9. The predicted molar refractivity (Wildman–Crippen MR) is 75.8 cm³/mol. The average molecular weight is 263 g/mol. The largest absolute Gasteiger partial charge is 0.380 e. The lowest BCUT2D eigenvalue weighted by atomic mass is 9.76. The first-order valence-corrected chi connectivity index (χ1v) is 6.97. The second kappa shape index (κ2) is 7.41. The van der Waals surface area contributed by atoms with Gasteiger partial charge in [-0.25, -0.2) is 4.39 Å². The van der Waals surface area contributed by atoms with Crippen molar-refractivity contribution in [3.8, 4) is 0 Å². The third-order valence-corrected chi connectivity index (χ3v) is 3.60. The summed E-state index contributed by atoms with van der Waals surface area (Å²) >= 11 is 0. The summed E-state index contributed by atoms with van der Waals surface area (Å²) in [5.41, 5.74) is 1.13. The minimum absolute atomic E-state index is 0.135. The molecule has 0 radical (unpaired) electrons. The highest BCUT2D eigenvalue weighted by Crippen LogP contribution is 2.36. The van der Waals surface area contributed by atoms with Gasteiger partial charge in [0.05, 0.1) is 13.2 Å². The maximum Gasteiger partial charge on any atom is 0.123 e. The summed E-state index contributed by atoms with van der Waals surface area (Å²) < 4.78 is 18.5. The first-order valence-electron chi connectivity index (χ1n) is 6.97. The number of nitrogens with one attached hydrogen (secondary N) is 1. The summed E-state index contributed by atoms with van der Waals surface area (Å²) in [5.74, 6) is 0.374. The molecule has 1 aliphatic rings. The van der Waals surface area contributed by atoms with Gasteiger partial charge < -0.3 is 10.1 Å². The maximum atomic E-state index is 13.1. The highest BCUT2D eigenvalue weighted by Gasteiger charge is 2.29. The van der Waals surface area contributed by atoms with Crippen molar-refractivity contribution < 1.29 is 9.13 Å². The highest BCUT2D eigenvalue weighted by atomic mass is 19.1. The molecule has 0 amide bonds. The Morgan fingerprint density at radius 2 is 2.21 bits per heavy atom. The topological polar surface area (TPSA) is 21.3 Å². The molecule has 2 nitrogen and oxygen atoms in total. The molecule has 1 fully saturated rings. The molecule has 0 bridgehead atoms. The summed E-state index contributed by atoms with van der Waals surface area (Å²) in [5, 5.41) is 3.47. The minimum atomic E-state index is -0.135. The van der Waals surface area contributed by atoms with Gasteiger partial charge in [-0.2, -0.15) is 0 Å². The molecule has 1 aliphatic carbocycles. The number of ether oxygens (including phenoxy) is 1. The Balaban J connectivity index is 1.57. The van der Waals surface area contributed by atoms with E-state index < -0.39 is 0 Å². The van der Waals surface area contributed by atoms with Crippen molar-refractivity contribution >= 4 is 0 Å². The quantitative estimate of drug-likeness (QED) is 0.574. The minimum Gasteiger partial charge on any atom is -0.380 e. The standard InChI is InChI=1S/C16H22FNO/c1-2-3-8-19-9-7-18-16-11-14(12-16)13-5-4-6-15(17)10-13/h2,4-6,10,14,16,18H,1,3,7-9,11-12H2. The van der Waals surface area contributed by atoms with E-state index in [9.17, 15) is 4.39 Å². The van der Waals surface area contributed by atoms with Gasteiger partial charge in [0.1, 0.15) is 5.82 Å². The van der Waals surface area contributed by atoms with Crippen LogP contribution in [0.1, 0.15) is 30.7 Å². The summed E-state index contributed by atoms with van der Waals surface area (Å²) in [6.45, 7) is 6.03. The number of rotatable bonds is 8. The molecule has 0 heterocycles. The zero-order valence-electron chi connectivity index (χ0n) is 11.3. The SMILES string of the molecule is C=CCCOCCNC1CC(c2cccc(F)c2)C1. The van der Waals surface area contributed by atoms with Crippen molar-refractivity contribution in [1.82, 2.24) is 5.32 Å². The second-order valence-electron chi connectivity index (χ2n) is 5.06. The van der Waals surface area contributed by atoms with Crippen molar-refractivity contribution in [2.24, 2.45) is 0 Å². The van der Waals surface area contributed by atoms with Crippen molar-refractivity contribution in [1.29, 1.82) is 0 Å². The maximum absolute atomic E-state index is 13.1. The summed E-state index contributed by atoms with van der Waals surface area (Å²) in [7, 11) is 0. The molecule has 3 heteroatoms. The Hall–Kier alpha value is -1.19. The molecular weight excluding hydrogens is 241 g/mol. The van der Waals surface area contributed by atoms with E-state index in [1.54, 1.807) is 12.1 Å². The van der Waals surface area contributed by atoms with Crippen molar-refractivity contribution in [2.45, 2.75) is 31.2 Å². The van der Waals surface area contributed by atoms with Gasteiger partial charge in [-0.3, -0.25) is 0 Å². The molecule has 1 N–H and O–H groups in total. The molecule has 1 aromatic carbocycles. The van der Waals surface area contributed by atoms with Crippen LogP contribution in [0.5, 0.6) is 0 Å². The fourth-order valence-electron chi connectivity index (χ4n) is 2.42. The molecule has 1 saturated carbocycles. The van der Waals surface area contributed by atoms with Gasteiger partial charge in [0.25, 0.3) is 0 Å². The Morgan fingerprint density at radius 1 is 1.37 bits per heavy atom. The van der Waals surface area contributed by atoms with Crippen LogP contribution >= 0.6 is 0 Å². The molecule has 0 spiro atoms. The molecular formula is C16H22FNO. The monoisotopic (exact) mass is 263 g/mol. The van der Waals surface area contributed by atoms with Gasteiger partial charge in [-0.1, -0.05) is 18.2 Å². The third kappa shape index (κ3) is 4.44. The molecule has 0 saturated heterocycles. The molecule has 0 unspecified atom stereocenters. The van der Waals surface area contributed by atoms with Crippen LogP contribution in [-0.4, -0.2) is 25.8 Å². The highest BCUT2D eigenvalue weighted by molar-refractivity contribution is 5.23. The van der Waals surface area contributed by atoms with Gasteiger partial charge in [0, 0.05) is 12.6 Å². The zero-order chi connectivity index (χ0) is 13.5. The molecule has 0 atom stereocenters. The number of hydrogen-bond acceptors (Lipinski definition) is 2. The second-order valence-corrected chi connectivity index (χ2v) is 5.06. The van der Waals surface area contributed by atoms with E-state index in [-0.39, 0.29) is 5.82 Å². The van der Waals surface area contributed by atoms with Gasteiger partial charge in [-0.15, -0.1) is 6.58 Å². The Bertz CT molecular complexity index is 401. The Labute approximate surface area is 114 Å². The van der Waals surface area contributed by atoms with Crippen LogP contribution in [0.15, 0.2) is 36.9 Å². The van der Waals surface area contributed by atoms with Crippen LogP contribution in [0.2, 0.25) is 0 Å². The van der Waals surface area contributed by atoms with Crippen LogP contribution in [0, 0.1) is 5.82 Å². The van der Waals surface area contributed by atoms with E-state index in [0.717, 1.165) is 44.6 Å². The van der Waals surface area contributed by atoms with Crippen LogP contribution < -0.4 is 5.32 Å². The van der Waals surface area contributed by atoms with Crippen LogP contribution in [-0.2, 0) is 4.74 Å². The van der Waals surface area contributed by atoms with Crippen molar-refractivity contribution in [3.63, 3.8) is 0 Å². The van der Waals surface area contributed by atoms with Crippen LogP contribution in [0.3, 0.4) is 0 Å². The summed E-state index contributed by atoms with van der Waals surface area (Å²) in [6.07, 6.45) is 4.96. The Morgan fingerprint density at radius 3 is 2.95 bits per heavy atom. The van der Waals surface area contributed by atoms with Gasteiger partial charge >= 0.3 is 0 Å². The van der Waals surface area contributed by atoms with E-state index in [1.165, 1.54) is 6.07 Å². The van der Waals surface area contributed by atoms with Crippen molar-refractivity contribution in [3.05, 3.63) is 48.3 Å². The lowest BCUT2D eigenvalue weighted by Gasteiger charge is -2.36. The lowest BCUT2D eigenvalue weighted by Crippen LogP contribution is -2.41. The first-order chi connectivity index (χ1) is 9.29. The van der Waals surface area contributed by atoms with E-state index in [4.69, 9.17) is 4.74 Å². The number of hydrogen-bond donors (Lipinski definition) is 1. The third-order valence-electron chi connectivity index (χ3n) is 3.60. The molecule has 1 aromatic rings. The van der Waals surface area contributed by atoms with Gasteiger partial charge in [0.15, 0.2) is 0 Å². The smallest absolute Gasteiger partial charge is 0.123 e. The summed E-state index contributed by atoms with van der Waals surface area (Å²) in [6, 6.07) is 7.51. The zero-order valence-corrected chi connectivity index (χ0v) is 11.3. The lowest BCUT2D eigenvalue weighted by molar-refractivity contribution is 0.133. The predicted octanol–water partition coefficient (Wildman–Crippen LogP) is 3.25. The number of benzene rings is 1. The van der Waals surface area contributed by atoms with E-state index in [0.29, 0.717) is 12.0 Å². The fraction of sp³-hybridized carbons (Fsp3) is 0.500. The van der Waals surface area contributed by atoms with E-state index in [1.807, 2.05) is 12.1 Å². The van der Waals surface area contributed by atoms with Crippen LogP contribution in [0.4, 0.5) is 4.39 Å². The average Bonchev–Trinajstić information content (AvgIpc) is 2.35. The van der Waals surface area contributed by atoms with Gasteiger partial charge in [-0.05, 0) is 42.9 Å².